The molecule has 1 fully saturated rings. The lowest BCUT2D eigenvalue weighted by Crippen LogP contribution is -2.53. The molecule has 2 rings (SSSR count). The van der Waals surface area contributed by atoms with Crippen molar-refractivity contribution in [1.82, 2.24) is 9.80 Å². The molecular formula is C17H24N2O3. The van der Waals surface area contributed by atoms with Gasteiger partial charge in [0.2, 0.25) is 0 Å². The maximum Gasteiger partial charge on any atom is 0.320 e. The normalized spacial score (nSPS) is 17.3. The average Bonchev–Trinajstić information content (AvgIpc) is 2.55. The largest absolute Gasteiger partial charge is 0.480 e. The van der Waals surface area contributed by atoms with Crippen LogP contribution >= 0.6 is 0 Å². The van der Waals surface area contributed by atoms with Gasteiger partial charge in [0.1, 0.15) is 6.04 Å². The molecule has 1 amide bonds. The van der Waals surface area contributed by atoms with Gasteiger partial charge in [-0.2, -0.15) is 0 Å². The Kier molecular flexibility index (Phi) is 5.55. The van der Waals surface area contributed by atoms with Crippen LogP contribution in [0.5, 0.6) is 0 Å². The van der Waals surface area contributed by atoms with E-state index in [4.69, 9.17) is 0 Å². The molecule has 1 aromatic rings. The molecule has 120 valence electrons. The van der Waals surface area contributed by atoms with Crippen molar-refractivity contribution in [1.29, 1.82) is 0 Å². The van der Waals surface area contributed by atoms with Crippen molar-refractivity contribution in [2.24, 2.45) is 0 Å². The summed E-state index contributed by atoms with van der Waals surface area (Å²) in [6.45, 7) is 6.36. The van der Waals surface area contributed by atoms with E-state index in [-0.39, 0.29) is 5.91 Å². The van der Waals surface area contributed by atoms with Gasteiger partial charge in [-0.3, -0.25) is 14.5 Å². The Balaban J connectivity index is 1.95. The summed E-state index contributed by atoms with van der Waals surface area (Å²) in [6, 6.07) is 7.28. The zero-order valence-electron chi connectivity index (χ0n) is 13.3. The SMILES string of the molecule is CCc1ccc(C(=O)N2CCN([C@H](CC)C(=O)O)CC2)cc1. The summed E-state index contributed by atoms with van der Waals surface area (Å²) < 4.78 is 0. The topological polar surface area (TPSA) is 60.9 Å². The first kappa shape index (κ1) is 16.5. The van der Waals surface area contributed by atoms with Crippen molar-refractivity contribution >= 4 is 11.9 Å². The number of aryl methyl sites for hydroxylation is 1. The lowest BCUT2D eigenvalue weighted by molar-refractivity contribution is -0.144. The van der Waals surface area contributed by atoms with Crippen LogP contribution in [-0.4, -0.2) is 59.0 Å². The monoisotopic (exact) mass is 304 g/mol. The van der Waals surface area contributed by atoms with Crippen LogP contribution < -0.4 is 0 Å². The van der Waals surface area contributed by atoms with Gasteiger partial charge in [-0.25, -0.2) is 0 Å². The summed E-state index contributed by atoms with van der Waals surface area (Å²) in [5.41, 5.74) is 1.92. The van der Waals surface area contributed by atoms with E-state index in [1.54, 1.807) is 0 Å². The van der Waals surface area contributed by atoms with Crippen LogP contribution in [0.15, 0.2) is 24.3 Å². The molecule has 1 aliphatic rings. The second-order valence-electron chi connectivity index (χ2n) is 5.64. The van der Waals surface area contributed by atoms with Gasteiger partial charge in [-0.1, -0.05) is 26.0 Å². The van der Waals surface area contributed by atoms with E-state index in [1.807, 2.05) is 41.0 Å². The highest BCUT2D eigenvalue weighted by molar-refractivity contribution is 5.94. The first-order valence-electron chi connectivity index (χ1n) is 7.91. The minimum Gasteiger partial charge on any atom is -0.480 e. The van der Waals surface area contributed by atoms with Gasteiger partial charge in [0.05, 0.1) is 0 Å². The molecule has 5 heteroatoms. The predicted octanol–water partition coefficient (Wildman–Crippen LogP) is 1.87. The minimum atomic E-state index is -0.780. The molecule has 0 saturated carbocycles. The van der Waals surface area contributed by atoms with Crippen LogP contribution in [0.25, 0.3) is 0 Å². The smallest absolute Gasteiger partial charge is 0.320 e. The number of rotatable bonds is 5. The van der Waals surface area contributed by atoms with Gasteiger partial charge in [0.25, 0.3) is 5.91 Å². The molecule has 0 aliphatic carbocycles. The molecule has 0 bridgehead atoms. The van der Waals surface area contributed by atoms with Gasteiger partial charge in [-0.15, -0.1) is 0 Å². The Morgan fingerprint density at radius 1 is 1.09 bits per heavy atom. The van der Waals surface area contributed by atoms with E-state index in [0.29, 0.717) is 38.2 Å². The van der Waals surface area contributed by atoms with Crippen molar-refractivity contribution in [3.05, 3.63) is 35.4 Å². The molecule has 1 aromatic carbocycles. The molecular weight excluding hydrogens is 280 g/mol. The number of aliphatic carboxylic acids is 1. The Bertz CT molecular complexity index is 519. The minimum absolute atomic E-state index is 0.0330. The van der Waals surface area contributed by atoms with Crippen LogP contribution in [0, 0.1) is 0 Å². The van der Waals surface area contributed by atoms with Crippen molar-refractivity contribution < 1.29 is 14.7 Å². The number of benzene rings is 1. The molecule has 0 radical (unpaired) electrons. The van der Waals surface area contributed by atoms with E-state index in [2.05, 4.69) is 6.92 Å². The van der Waals surface area contributed by atoms with E-state index in [1.165, 1.54) is 5.56 Å². The zero-order valence-corrected chi connectivity index (χ0v) is 13.3. The Labute approximate surface area is 131 Å². The molecule has 0 aromatic heterocycles. The van der Waals surface area contributed by atoms with Crippen molar-refractivity contribution in [3.8, 4) is 0 Å². The van der Waals surface area contributed by atoms with Crippen LogP contribution in [0.2, 0.25) is 0 Å². The summed E-state index contributed by atoms with van der Waals surface area (Å²) in [5.74, 6) is -0.747. The first-order valence-corrected chi connectivity index (χ1v) is 7.91. The third-order valence-corrected chi connectivity index (χ3v) is 4.32. The number of hydrogen-bond acceptors (Lipinski definition) is 3. The summed E-state index contributed by atoms with van der Waals surface area (Å²) >= 11 is 0. The molecule has 22 heavy (non-hydrogen) atoms. The summed E-state index contributed by atoms with van der Waals surface area (Å²) in [7, 11) is 0. The number of carboxylic acids is 1. The molecule has 1 aliphatic heterocycles. The van der Waals surface area contributed by atoms with Crippen molar-refractivity contribution in [3.63, 3.8) is 0 Å². The maximum atomic E-state index is 12.5. The van der Waals surface area contributed by atoms with E-state index in [0.717, 1.165) is 6.42 Å². The Morgan fingerprint density at radius 2 is 1.68 bits per heavy atom. The second-order valence-corrected chi connectivity index (χ2v) is 5.64. The zero-order chi connectivity index (χ0) is 16.1. The highest BCUT2D eigenvalue weighted by Crippen LogP contribution is 2.13. The lowest BCUT2D eigenvalue weighted by Gasteiger charge is -2.37. The summed E-state index contributed by atoms with van der Waals surface area (Å²) in [6.07, 6.45) is 1.54. The second kappa shape index (κ2) is 7.40. The van der Waals surface area contributed by atoms with Crippen LogP contribution in [0.4, 0.5) is 0 Å². The summed E-state index contributed by atoms with van der Waals surface area (Å²) in [4.78, 5) is 27.4. The highest BCUT2D eigenvalue weighted by Gasteiger charge is 2.29. The average molecular weight is 304 g/mol. The quantitative estimate of drug-likeness (QED) is 0.902. The van der Waals surface area contributed by atoms with Gasteiger partial charge < -0.3 is 10.0 Å². The van der Waals surface area contributed by atoms with Gasteiger partial charge in [0, 0.05) is 31.7 Å². The van der Waals surface area contributed by atoms with Gasteiger partial charge >= 0.3 is 5.97 Å². The molecule has 0 spiro atoms. The fraction of sp³-hybridized carbons (Fsp3) is 0.529. The number of carbonyl (C=O) groups is 2. The molecule has 1 saturated heterocycles. The fourth-order valence-corrected chi connectivity index (χ4v) is 2.89. The van der Waals surface area contributed by atoms with Crippen molar-refractivity contribution in [2.45, 2.75) is 32.7 Å². The van der Waals surface area contributed by atoms with Crippen LogP contribution in [0.3, 0.4) is 0 Å². The Hall–Kier alpha value is -1.88. The molecule has 1 heterocycles. The van der Waals surface area contributed by atoms with Crippen LogP contribution in [0.1, 0.15) is 36.2 Å². The highest BCUT2D eigenvalue weighted by atomic mass is 16.4. The molecule has 1 atom stereocenters. The Morgan fingerprint density at radius 3 is 2.14 bits per heavy atom. The lowest BCUT2D eigenvalue weighted by atomic mass is 10.1. The predicted molar refractivity (Wildman–Crippen MR) is 85.0 cm³/mol. The van der Waals surface area contributed by atoms with Crippen LogP contribution in [-0.2, 0) is 11.2 Å². The maximum absolute atomic E-state index is 12.5. The number of nitrogens with zero attached hydrogens (tertiary/aromatic N) is 2. The number of hydrogen-bond donors (Lipinski definition) is 1. The third kappa shape index (κ3) is 3.65. The molecule has 1 N–H and O–H groups in total. The number of piperazine rings is 1. The fourth-order valence-electron chi connectivity index (χ4n) is 2.89. The number of carbonyl (C=O) groups excluding carboxylic acids is 1. The first-order chi connectivity index (χ1) is 10.6. The number of amides is 1. The van der Waals surface area contributed by atoms with E-state index >= 15 is 0 Å². The standard InChI is InChI=1S/C17H24N2O3/c1-3-13-5-7-14(8-6-13)16(20)19-11-9-18(10-12-19)15(4-2)17(21)22/h5-8,15H,3-4,9-12H2,1-2H3,(H,21,22)/t15-/m1/s1. The van der Waals surface area contributed by atoms with Gasteiger partial charge in [-0.05, 0) is 30.5 Å². The summed E-state index contributed by atoms with van der Waals surface area (Å²) in [5, 5.41) is 9.21. The third-order valence-electron chi connectivity index (χ3n) is 4.32. The number of carboxylic acid groups (broad SMARTS) is 1. The van der Waals surface area contributed by atoms with E-state index in [9.17, 15) is 14.7 Å². The van der Waals surface area contributed by atoms with Gasteiger partial charge in [0.15, 0.2) is 0 Å². The van der Waals surface area contributed by atoms with E-state index < -0.39 is 12.0 Å². The van der Waals surface area contributed by atoms with Crippen molar-refractivity contribution in [2.75, 3.05) is 26.2 Å². The molecule has 5 nitrogen and oxygen atoms in total. The molecule has 0 unspecified atom stereocenters.